The summed E-state index contributed by atoms with van der Waals surface area (Å²) in [5, 5.41) is 41.9. The van der Waals surface area contributed by atoms with Gasteiger partial charge < -0.3 is 4.74 Å². The van der Waals surface area contributed by atoms with Gasteiger partial charge in [-0.2, -0.15) is 21.0 Å². The second-order valence-corrected chi connectivity index (χ2v) is 9.12. The molecule has 2 aliphatic carbocycles. The zero-order valence-electron chi connectivity index (χ0n) is 21.6. The van der Waals surface area contributed by atoms with E-state index in [2.05, 4.69) is 0 Å². The van der Waals surface area contributed by atoms with Gasteiger partial charge in [-0.1, -0.05) is 74.5 Å². The van der Waals surface area contributed by atoms with Crippen LogP contribution >= 0.6 is 0 Å². The van der Waals surface area contributed by atoms with Crippen LogP contribution in [0.5, 0.6) is 0 Å². The van der Waals surface area contributed by atoms with Gasteiger partial charge in [0.25, 0.3) is 0 Å². The second-order valence-electron chi connectivity index (χ2n) is 9.12. The van der Waals surface area contributed by atoms with Crippen LogP contribution in [-0.4, -0.2) is 13.1 Å². The Morgan fingerprint density at radius 1 is 0.692 bits per heavy atom. The lowest BCUT2D eigenvalue weighted by Gasteiger charge is -2.15. The number of esters is 1. The summed E-state index contributed by atoms with van der Waals surface area (Å²) in [7, 11) is 1.28. The molecule has 0 spiro atoms. The highest BCUT2D eigenvalue weighted by atomic mass is 16.5. The van der Waals surface area contributed by atoms with Crippen molar-refractivity contribution in [1.82, 2.24) is 0 Å². The van der Waals surface area contributed by atoms with Gasteiger partial charge in [0.15, 0.2) is 0 Å². The van der Waals surface area contributed by atoms with Crippen LogP contribution < -0.4 is 0 Å². The maximum absolute atomic E-state index is 12.9. The van der Waals surface area contributed by atoms with E-state index < -0.39 is 5.97 Å². The molecule has 6 heteroatoms. The first-order valence-corrected chi connectivity index (χ1v) is 12.1. The van der Waals surface area contributed by atoms with Crippen molar-refractivity contribution in [3.05, 3.63) is 106 Å². The third kappa shape index (κ3) is 4.84. The van der Waals surface area contributed by atoms with E-state index in [1.807, 2.05) is 92.7 Å². The highest BCUT2D eigenvalue weighted by Crippen LogP contribution is 2.45. The van der Waals surface area contributed by atoms with Crippen LogP contribution in [0.2, 0.25) is 0 Å². The molecule has 0 amide bonds. The molecule has 2 aromatic carbocycles. The molecule has 0 saturated carbocycles. The fraction of sp³-hybridized carbons (Fsp3) is 0.121. The van der Waals surface area contributed by atoms with Crippen molar-refractivity contribution in [1.29, 1.82) is 21.0 Å². The molecule has 186 valence electrons. The molecular formula is C33H22N4O2. The van der Waals surface area contributed by atoms with Crippen LogP contribution in [-0.2, 0) is 4.74 Å². The minimum absolute atomic E-state index is 0.103. The Balaban J connectivity index is 2.17. The van der Waals surface area contributed by atoms with Crippen molar-refractivity contribution in [2.45, 2.75) is 19.8 Å². The summed E-state index contributed by atoms with van der Waals surface area (Å²) in [6.07, 6.45) is 0. The molecule has 6 nitrogen and oxygen atoms in total. The van der Waals surface area contributed by atoms with Crippen LogP contribution in [0.3, 0.4) is 0 Å². The second kappa shape index (κ2) is 11.1. The van der Waals surface area contributed by atoms with Crippen LogP contribution in [0.15, 0.2) is 83.9 Å². The van der Waals surface area contributed by atoms with Gasteiger partial charge in [-0.25, -0.2) is 4.79 Å². The number of fused-ring (bicyclic) bond motifs is 2. The third-order valence-electron chi connectivity index (χ3n) is 6.60. The van der Waals surface area contributed by atoms with Crippen molar-refractivity contribution in [3.8, 4) is 35.4 Å². The number of rotatable bonds is 5. The van der Waals surface area contributed by atoms with Crippen molar-refractivity contribution in [2.75, 3.05) is 7.11 Å². The number of hydrogen-bond donors (Lipinski definition) is 0. The van der Waals surface area contributed by atoms with E-state index in [0.717, 1.165) is 16.3 Å². The number of allylic oxidation sites excluding steroid dienone is 4. The maximum atomic E-state index is 12.9. The van der Waals surface area contributed by atoms with E-state index in [1.165, 1.54) is 7.11 Å². The van der Waals surface area contributed by atoms with Gasteiger partial charge in [-0.05, 0) is 56.6 Å². The fourth-order valence-corrected chi connectivity index (χ4v) is 4.67. The highest BCUT2D eigenvalue weighted by molar-refractivity contribution is 6.16. The molecular weight excluding hydrogens is 484 g/mol. The molecule has 2 aliphatic rings. The Bertz CT molecular complexity index is 1800. The van der Waals surface area contributed by atoms with Crippen LogP contribution in [0.25, 0.3) is 33.0 Å². The normalized spacial score (nSPS) is 10.2. The van der Waals surface area contributed by atoms with E-state index in [0.29, 0.717) is 22.3 Å². The van der Waals surface area contributed by atoms with Gasteiger partial charge in [-0.3, -0.25) is 0 Å². The molecule has 4 rings (SSSR count). The van der Waals surface area contributed by atoms with Crippen molar-refractivity contribution in [2.24, 2.45) is 0 Å². The van der Waals surface area contributed by atoms with E-state index >= 15 is 0 Å². The molecule has 0 aromatic heterocycles. The monoisotopic (exact) mass is 506 g/mol. The first kappa shape index (κ1) is 26.4. The molecule has 0 unspecified atom stereocenters. The summed E-state index contributed by atoms with van der Waals surface area (Å²) in [4.78, 5) is 12.9. The summed E-state index contributed by atoms with van der Waals surface area (Å²) in [6, 6.07) is 29.8. The molecule has 0 N–H and O–H groups in total. The molecule has 0 radical (unpaired) electrons. The van der Waals surface area contributed by atoms with E-state index in [4.69, 9.17) is 4.74 Å². The summed E-state index contributed by atoms with van der Waals surface area (Å²) in [5.41, 5.74) is 2.93. The number of methoxy groups -OCH3 is 1. The number of carbonyl (C=O) groups is 1. The van der Waals surface area contributed by atoms with E-state index in [9.17, 15) is 25.8 Å². The Kier molecular flexibility index (Phi) is 7.54. The summed E-state index contributed by atoms with van der Waals surface area (Å²) < 4.78 is 5.06. The number of carbonyl (C=O) groups excluding carboxylic acids is 1. The summed E-state index contributed by atoms with van der Waals surface area (Å²) in [5.74, 6) is -0.427. The Hall–Kier alpha value is -5.69. The maximum Gasteiger partial charge on any atom is 0.338 e. The largest absolute Gasteiger partial charge is 0.465 e. The lowest BCUT2D eigenvalue weighted by Crippen LogP contribution is -2.00. The highest BCUT2D eigenvalue weighted by Gasteiger charge is 2.29. The average Bonchev–Trinajstić information content (AvgIpc) is 3.15. The minimum Gasteiger partial charge on any atom is -0.465 e. The quantitative estimate of drug-likeness (QED) is 0.161. The van der Waals surface area contributed by atoms with Crippen molar-refractivity contribution < 1.29 is 9.53 Å². The summed E-state index contributed by atoms with van der Waals surface area (Å²) >= 11 is 0. The van der Waals surface area contributed by atoms with E-state index in [1.54, 1.807) is 18.2 Å². The zero-order valence-corrected chi connectivity index (χ0v) is 21.6. The molecule has 0 atom stereocenters. The predicted octanol–water partition coefficient (Wildman–Crippen LogP) is 7.16. The molecule has 0 fully saturated rings. The van der Waals surface area contributed by atoms with Gasteiger partial charge >= 0.3 is 5.97 Å². The Labute approximate surface area is 226 Å². The lowest BCUT2D eigenvalue weighted by atomic mass is 9.85. The number of benzene rings is 2. The fourth-order valence-electron chi connectivity index (χ4n) is 4.67. The van der Waals surface area contributed by atoms with Crippen molar-refractivity contribution in [3.63, 3.8) is 0 Å². The predicted molar refractivity (Wildman–Crippen MR) is 149 cm³/mol. The Morgan fingerprint density at radius 3 is 1.95 bits per heavy atom. The van der Waals surface area contributed by atoms with E-state index in [-0.39, 0.29) is 33.8 Å². The number of nitrogens with zero attached hydrogens (tertiary/aromatic N) is 4. The standard InChI is InChI=1S/C33H22N4O2/c1-20(2)22-9-6-10-27-28(14-22)30(33(38)39-3)15-29(27)32(26(18-36)19-37)31(25(16-34)17-35)24-12-11-21-7-4-5-8-23(21)13-24/h4-15,20H,1-3H3. The van der Waals surface area contributed by atoms with Crippen LogP contribution in [0, 0.1) is 45.3 Å². The zero-order chi connectivity index (χ0) is 28.1. The topological polar surface area (TPSA) is 121 Å². The minimum atomic E-state index is -0.584. The Morgan fingerprint density at radius 2 is 1.33 bits per heavy atom. The number of nitriles is 4. The van der Waals surface area contributed by atoms with Crippen molar-refractivity contribution >= 4 is 27.9 Å². The van der Waals surface area contributed by atoms with Gasteiger partial charge in [-0.15, -0.1) is 0 Å². The average molecular weight is 507 g/mol. The first-order chi connectivity index (χ1) is 18.9. The first-order valence-electron chi connectivity index (χ1n) is 12.1. The lowest BCUT2D eigenvalue weighted by molar-refractivity contribution is 0.0602. The molecule has 39 heavy (non-hydrogen) atoms. The number of ether oxygens (including phenoxy) is 1. The van der Waals surface area contributed by atoms with Gasteiger partial charge in [0.05, 0.1) is 12.7 Å². The van der Waals surface area contributed by atoms with Gasteiger partial charge in [0.1, 0.15) is 35.4 Å². The smallest absolute Gasteiger partial charge is 0.338 e. The molecule has 0 saturated heterocycles. The molecule has 2 aromatic rings. The number of hydrogen-bond acceptors (Lipinski definition) is 6. The van der Waals surface area contributed by atoms with Crippen LogP contribution in [0.4, 0.5) is 0 Å². The summed E-state index contributed by atoms with van der Waals surface area (Å²) in [6.45, 7) is 4.06. The SMILES string of the molecule is COC(=O)c1cc(C(=C(C#N)C#N)C(=C(C#N)C#N)c2ccc3ccccc3c2)c2cccc(C(C)C)cc1-2. The molecule has 0 heterocycles. The van der Waals surface area contributed by atoms with Gasteiger partial charge in [0.2, 0.25) is 0 Å². The molecule has 0 bridgehead atoms. The van der Waals surface area contributed by atoms with Crippen LogP contribution in [0.1, 0.15) is 46.8 Å². The van der Waals surface area contributed by atoms with Gasteiger partial charge in [0, 0.05) is 11.1 Å². The third-order valence-corrected chi connectivity index (χ3v) is 6.60. The molecule has 0 aliphatic heterocycles.